The van der Waals surface area contributed by atoms with Crippen molar-refractivity contribution in [3.05, 3.63) is 258 Å². The van der Waals surface area contributed by atoms with E-state index in [0.717, 1.165) is 11.4 Å². The number of fused-ring (bicyclic) bond motifs is 8. The normalized spacial score (nSPS) is 13.2. The summed E-state index contributed by atoms with van der Waals surface area (Å²) in [5.74, 6) is 0. The minimum Gasteiger partial charge on any atom is -0.308 e. The molecule has 0 atom stereocenters. The molecule has 334 valence electrons. The number of nitrogens with zero attached hydrogens (tertiary/aromatic N) is 1. The molecule has 10 aromatic carbocycles. The van der Waals surface area contributed by atoms with Crippen molar-refractivity contribution in [1.82, 2.24) is 0 Å². The molecule has 1 heterocycles. The van der Waals surface area contributed by atoms with Crippen LogP contribution in [0.25, 0.3) is 64.3 Å². The third-order valence-corrected chi connectivity index (χ3v) is 15.9. The fourth-order valence-electron chi connectivity index (χ4n) is 11.2. The van der Waals surface area contributed by atoms with Gasteiger partial charge in [0, 0.05) is 26.5 Å². The first kappa shape index (κ1) is 42.8. The summed E-state index contributed by atoms with van der Waals surface area (Å²) in [6, 6.07) is 84.8. The van der Waals surface area contributed by atoms with Crippen LogP contribution in [0.1, 0.15) is 74.9 Å². The fourth-order valence-corrected chi connectivity index (χ4v) is 12.4. The highest BCUT2D eigenvalue weighted by Crippen LogP contribution is 2.61. The minimum absolute atomic E-state index is 0.00431. The van der Waals surface area contributed by atoms with Gasteiger partial charge in [-0.05, 0) is 125 Å². The van der Waals surface area contributed by atoms with Crippen LogP contribution in [-0.4, -0.2) is 0 Å². The lowest BCUT2D eigenvalue weighted by molar-refractivity contribution is 0.588. The lowest BCUT2D eigenvalue weighted by atomic mass is 9.66. The maximum Gasteiger partial charge on any atom is 0.0714 e. The standard InChI is InChI=1S/C67H55NS/c1-65(2,3)48-32-36-50(37-33-48)67(51-38-34-49(35-39-51)66(4,5)6)58-42-47(46-22-17-21-45(41-46)44-19-9-7-10-20-44)31-40-57(58)63-55-27-14-13-25-53(55)61(43-59(63)67)68(52-23-11-8-12-24-52)60-29-18-28-56-54-26-15-16-30-62(54)69-64(56)60/h7-43H,1-6H3. The average Bonchev–Trinajstić information content (AvgIpc) is 3.91. The van der Waals surface area contributed by atoms with E-state index in [1.54, 1.807) is 0 Å². The molecule has 1 nitrogen and oxygen atoms in total. The summed E-state index contributed by atoms with van der Waals surface area (Å²) in [5, 5.41) is 5.03. The van der Waals surface area contributed by atoms with Gasteiger partial charge >= 0.3 is 0 Å². The zero-order chi connectivity index (χ0) is 47.1. The molecule has 0 fully saturated rings. The molecule has 0 amide bonds. The molecule has 11 aromatic rings. The zero-order valence-corrected chi connectivity index (χ0v) is 41.0. The van der Waals surface area contributed by atoms with E-state index in [4.69, 9.17) is 0 Å². The lowest BCUT2D eigenvalue weighted by Crippen LogP contribution is -2.29. The smallest absolute Gasteiger partial charge is 0.0714 e. The van der Waals surface area contributed by atoms with E-state index in [0.29, 0.717) is 0 Å². The van der Waals surface area contributed by atoms with Crippen LogP contribution in [0.3, 0.4) is 0 Å². The van der Waals surface area contributed by atoms with Gasteiger partial charge in [0.1, 0.15) is 0 Å². The molecule has 0 unspecified atom stereocenters. The summed E-state index contributed by atoms with van der Waals surface area (Å²) in [7, 11) is 0. The molecular formula is C67H55NS. The molecule has 0 spiro atoms. The van der Waals surface area contributed by atoms with E-state index in [-0.39, 0.29) is 10.8 Å². The Hall–Kier alpha value is -7.52. The van der Waals surface area contributed by atoms with Crippen LogP contribution in [0.2, 0.25) is 0 Å². The van der Waals surface area contributed by atoms with E-state index in [2.05, 4.69) is 271 Å². The quantitative estimate of drug-likeness (QED) is 0.154. The molecule has 1 aliphatic rings. The number of para-hydroxylation sites is 1. The molecule has 2 heteroatoms. The Morgan fingerprint density at radius 1 is 0.377 bits per heavy atom. The SMILES string of the molecule is CC(C)(C)c1ccc(C2(c3ccc(C(C)(C)C)cc3)c3cc(-c4cccc(-c5ccccc5)c4)ccc3-c3c2cc(N(c2ccccc2)c2cccc4c2sc2ccccc24)c2ccccc32)cc1. The zero-order valence-electron chi connectivity index (χ0n) is 40.2. The lowest BCUT2D eigenvalue weighted by Gasteiger charge is -2.36. The summed E-state index contributed by atoms with van der Waals surface area (Å²) in [6.45, 7) is 13.9. The van der Waals surface area contributed by atoms with Crippen LogP contribution in [0.5, 0.6) is 0 Å². The van der Waals surface area contributed by atoms with Crippen LogP contribution >= 0.6 is 11.3 Å². The molecule has 1 aromatic heterocycles. The molecule has 0 aliphatic heterocycles. The highest BCUT2D eigenvalue weighted by molar-refractivity contribution is 7.26. The Morgan fingerprint density at radius 3 is 1.55 bits per heavy atom. The number of anilines is 3. The van der Waals surface area contributed by atoms with Gasteiger partial charge < -0.3 is 4.90 Å². The van der Waals surface area contributed by atoms with Crippen molar-refractivity contribution in [1.29, 1.82) is 0 Å². The van der Waals surface area contributed by atoms with Crippen LogP contribution < -0.4 is 4.90 Å². The fraction of sp³-hybridized carbons (Fsp3) is 0.134. The van der Waals surface area contributed by atoms with Gasteiger partial charge in [0.05, 0.1) is 21.5 Å². The summed E-state index contributed by atoms with van der Waals surface area (Å²) >= 11 is 1.88. The highest BCUT2D eigenvalue weighted by atomic mass is 32.1. The van der Waals surface area contributed by atoms with Crippen molar-refractivity contribution in [3.63, 3.8) is 0 Å². The van der Waals surface area contributed by atoms with Gasteiger partial charge in [-0.2, -0.15) is 0 Å². The van der Waals surface area contributed by atoms with Crippen molar-refractivity contribution in [2.75, 3.05) is 4.90 Å². The van der Waals surface area contributed by atoms with Gasteiger partial charge in [0.25, 0.3) is 0 Å². The van der Waals surface area contributed by atoms with Crippen LogP contribution in [-0.2, 0) is 16.2 Å². The Kier molecular flexibility index (Phi) is 10.1. The Labute approximate surface area is 411 Å². The molecule has 0 saturated carbocycles. The van der Waals surface area contributed by atoms with E-state index in [1.807, 2.05) is 11.3 Å². The summed E-state index contributed by atoms with van der Waals surface area (Å²) in [4.78, 5) is 2.54. The second kappa shape index (κ2) is 16.3. The monoisotopic (exact) mass is 905 g/mol. The van der Waals surface area contributed by atoms with Crippen molar-refractivity contribution in [2.24, 2.45) is 0 Å². The maximum atomic E-state index is 2.57. The van der Waals surface area contributed by atoms with Crippen molar-refractivity contribution < 1.29 is 0 Å². The Morgan fingerprint density at radius 2 is 0.899 bits per heavy atom. The van der Waals surface area contributed by atoms with Crippen molar-refractivity contribution in [2.45, 2.75) is 57.8 Å². The number of rotatable bonds is 7. The second-order valence-electron chi connectivity index (χ2n) is 20.9. The molecule has 0 saturated heterocycles. The van der Waals surface area contributed by atoms with E-state index >= 15 is 0 Å². The highest BCUT2D eigenvalue weighted by Gasteiger charge is 2.48. The van der Waals surface area contributed by atoms with E-state index < -0.39 is 5.41 Å². The first-order chi connectivity index (χ1) is 33.5. The average molecular weight is 906 g/mol. The number of thiophene rings is 1. The summed E-state index contributed by atoms with van der Waals surface area (Å²) < 4.78 is 2.57. The maximum absolute atomic E-state index is 2.57. The third-order valence-electron chi connectivity index (χ3n) is 14.7. The molecule has 0 bridgehead atoms. The number of hydrogen-bond acceptors (Lipinski definition) is 2. The number of hydrogen-bond donors (Lipinski definition) is 0. The molecule has 69 heavy (non-hydrogen) atoms. The third kappa shape index (κ3) is 7.03. The predicted molar refractivity (Wildman–Crippen MR) is 297 cm³/mol. The van der Waals surface area contributed by atoms with E-state index in [1.165, 1.54) is 103 Å². The van der Waals surface area contributed by atoms with Crippen LogP contribution in [0, 0.1) is 0 Å². The Balaban J connectivity index is 1.20. The van der Waals surface area contributed by atoms with Gasteiger partial charge in [0.2, 0.25) is 0 Å². The largest absolute Gasteiger partial charge is 0.308 e. The van der Waals surface area contributed by atoms with Crippen LogP contribution in [0.4, 0.5) is 17.1 Å². The second-order valence-corrected chi connectivity index (χ2v) is 22.0. The molecule has 1 aliphatic carbocycles. The number of benzene rings is 10. The minimum atomic E-state index is -0.685. The first-order valence-corrected chi connectivity index (χ1v) is 25.1. The topological polar surface area (TPSA) is 3.24 Å². The molecule has 0 radical (unpaired) electrons. The van der Waals surface area contributed by atoms with Gasteiger partial charge in [-0.15, -0.1) is 11.3 Å². The summed E-state index contributed by atoms with van der Waals surface area (Å²) in [6.07, 6.45) is 0. The first-order valence-electron chi connectivity index (χ1n) is 24.3. The molecule has 0 N–H and O–H groups in total. The molecule has 12 rings (SSSR count). The Bertz CT molecular complexity index is 3660. The van der Waals surface area contributed by atoms with Gasteiger partial charge in [-0.25, -0.2) is 0 Å². The van der Waals surface area contributed by atoms with Gasteiger partial charge in [0.15, 0.2) is 0 Å². The van der Waals surface area contributed by atoms with Crippen molar-refractivity contribution in [3.8, 4) is 33.4 Å². The molecular weight excluding hydrogens is 851 g/mol. The predicted octanol–water partition coefficient (Wildman–Crippen LogP) is 19.0. The van der Waals surface area contributed by atoms with Gasteiger partial charge in [-0.1, -0.05) is 224 Å². The van der Waals surface area contributed by atoms with Crippen LogP contribution in [0.15, 0.2) is 224 Å². The van der Waals surface area contributed by atoms with Gasteiger partial charge in [-0.3, -0.25) is 0 Å². The van der Waals surface area contributed by atoms with E-state index in [9.17, 15) is 0 Å². The van der Waals surface area contributed by atoms with Crippen molar-refractivity contribution >= 4 is 59.3 Å². The summed E-state index contributed by atoms with van der Waals surface area (Å²) in [5.41, 5.74) is 17.9.